The van der Waals surface area contributed by atoms with Crippen LogP contribution in [-0.4, -0.2) is 18.6 Å². The molecule has 0 radical (unpaired) electrons. The molecule has 5 heteroatoms. The third kappa shape index (κ3) is 4.51. The van der Waals surface area contributed by atoms with Crippen LogP contribution in [0.2, 0.25) is 0 Å². The van der Waals surface area contributed by atoms with Gasteiger partial charge in [0.2, 0.25) is 5.91 Å². The van der Waals surface area contributed by atoms with E-state index in [9.17, 15) is 4.79 Å². The molecule has 3 N–H and O–H groups in total. The summed E-state index contributed by atoms with van der Waals surface area (Å²) in [6, 6.07) is 6.67. The van der Waals surface area contributed by atoms with E-state index in [-0.39, 0.29) is 18.3 Å². The van der Waals surface area contributed by atoms with Gasteiger partial charge in [-0.3, -0.25) is 4.79 Å². The number of anilines is 1. The first-order valence-corrected chi connectivity index (χ1v) is 4.92. The molecule has 0 aromatic heterocycles. The van der Waals surface area contributed by atoms with Gasteiger partial charge in [-0.1, -0.05) is 0 Å². The van der Waals surface area contributed by atoms with E-state index in [0.29, 0.717) is 6.61 Å². The average Bonchev–Trinajstić information content (AvgIpc) is 2.21. The van der Waals surface area contributed by atoms with Crippen LogP contribution in [0.3, 0.4) is 0 Å². The Morgan fingerprint density at radius 1 is 1.44 bits per heavy atom. The molecule has 1 atom stereocenters. The molecule has 1 rings (SSSR count). The average molecular weight is 245 g/mol. The van der Waals surface area contributed by atoms with Gasteiger partial charge in [-0.2, -0.15) is 0 Å². The molecular weight excluding hydrogens is 228 g/mol. The van der Waals surface area contributed by atoms with Crippen molar-refractivity contribution >= 4 is 24.0 Å². The number of hydrogen-bond donors (Lipinski definition) is 2. The Kier molecular flexibility index (Phi) is 6.53. The molecule has 0 aliphatic rings. The molecule has 90 valence electrons. The summed E-state index contributed by atoms with van der Waals surface area (Å²) in [5.41, 5.74) is 6.15. The summed E-state index contributed by atoms with van der Waals surface area (Å²) in [5, 5.41) is 2.69. The molecule has 1 aromatic rings. The van der Waals surface area contributed by atoms with Gasteiger partial charge in [-0.25, -0.2) is 0 Å². The second-order valence-corrected chi connectivity index (χ2v) is 3.24. The van der Waals surface area contributed by atoms with Gasteiger partial charge in [0.15, 0.2) is 0 Å². The summed E-state index contributed by atoms with van der Waals surface area (Å²) in [7, 11) is 0. The van der Waals surface area contributed by atoms with E-state index in [0.717, 1.165) is 11.4 Å². The molecule has 0 bridgehead atoms. The van der Waals surface area contributed by atoms with Crippen LogP contribution >= 0.6 is 12.4 Å². The van der Waals surface area contributed by atoms with E-state index in [1.165, 1.54) is 0 Å². The molecule has 1 aromatic carbocycles. The van der Waals surface area contributed by atoms with Crippen molar-refractivity contribution in [2.75, 3.05) is 11.9 Å². The minimum Gasteiger partial charge on any atom is -0.494 e. The summed E-state index contributed by atoms with van der Waals surface area (Å²) in [6.07, 6.45) is 0. The molecule has 1 amide bonds. The summed E-state index contributed by atoms with van der Waals surface area (Å²) in [6.45, 7) is 4.20. The predicted molar refractivity (Wildman–Crippen MR) is 67.1 cm³/mol. The van der Waals surface area contributed by atoms with Gasteiger partial charge in [0, 0.05) is 5.69 Å². The zero-order valence-corrected chi connectivity index (χ0v) is 10.2. The van der Waals surface area contributed by atoms with Gasteiger partial charge >= 0.3 is 0 Å². The monoisotopic (exact) mass is 244 g/mol. The molecule has 4 nitrogen and oxygen atoms in total. The fraction of sp³-hybridized carbons (Fsp3) is 0.364. The van der Waals surface area contributed by atoms with Gasteiger partial charge in [0.05, 0.1) is 12.6 Å². The van der Waals surface area contributed by atoms with Crippen molar-refractivity contribution in [2.24, 2.45) is 5.73 Å². The number of amides is 1. The zero-order chi connectivity index (χ0) is 11.3. The maximum Gasteiger partial charge on any atom is 0.240 e. The topological polar surface area (TPSA) is 64.3 Å². The standard InChI is InChI=1S/C11H16N2O2.ClH/c1-3-15-10-6-4-9(5-7-10)13-11(14)8(2)12;/h4-8H,3,12H2,1-2H3,(H,13,14);1H. The number of halogens is 1. The van der Waals surface area contributed by atoms with Crippen molar-refractivity contribution in [1.82, 2.24) is 0 Å². The lowest BCUT2D eigenvalue weighted by Crippen LogP contribution is -2.32. The van der Waals surface area contributed by atoms with Gasteiger partial charge < -0.3 is 15.8 Å². The van der Waals surface area contributed by atoms with Crippen LogP contribution in [0, 0.1) is 0 Å². The van der Waals surface area contributed by atoms with Gasteiger partial charge in [-0.05, 0) is 38.1 Å². The van der Waals surface area contributed by atoms with E-state index in [1.54, 1.807) is 31.2 Å². The molecule has 16 heavy (non-hydrogen) atoms. The molecule has 0 fully saturated rings. The van der Waals surface area contributed by atoms with E-state index in [2.05, 4.69) is 5.32 Å². The highest BCUT2D eigenvalue weighted by atomic mass is 35.5. The second kappa shape index (κ2) is 7.09. The minimum absolute atomic E-state index is 0. The van der Waals surface area contributed by atoms with Crippen molar-refractivity contribution in [1.29, 1.82) is 0 Å². The lowest BCUT2D eigenvalue weighted by Gasteiger charge is -2.08. The van der Waals surface area contributed by atoms with Gasteiger partial charge in [0.25, 0.3) is 0 Å². The number of carbonyl (C=O) groups is 1. The van der Waals surface area contributed by atoms with Crippen LogP contribution in [0.25, 0.3) is 0 Å². The second-order valence-electron chi connectivity index (χ2n) is 3.24. The van der Waals surface area contributed by atoms with E-state index in [4.69, 9.17) is 10.5 Å². The van der Waals surface area contributed by atoms with Crippen molar-refractivity contribution in [3.05, 3.63) is 24.3 Å². The lowest BCUT2D eigenvalue weighted by molar-refractivity contribution is -0.117. The number of hydrogen-bond acceptors (Lipinski definition) is 3. The number of nitrogens with one attached hydrogen (secondary N) is 1. The van der Waals surface area contributed by atoms with Crippen molar-refractivity contribution in [3.63, 3.8) is 0 Å². The highest BCUT2D eigenvalue weighted by Crippen LogP contribution is 2.15. The number of benzene rings is 1. The highest BCUT2D eigenvalue weighted by Gasteiger charge is 2.06. The molecule has 0 aliphatic heterocycles. The lowest BCUT2D eigenvalue weighted by atomic mass is 10.2. The molecule has 0 saturated carbocycles. The summed E-state index contributed by atoms with van der Waals surface area (Å²) in [4.78, 5) is 11.3. The van der Waals surface area contributed by atoms with E-state index < -0.39 is 6.04 Å². The first-order chi connectivity index (χ1) is 7.13. The van der Waals surface area contributed by atoms with Crippen LogP contribution in [-0.2, 0) is 4.79 Å². The maximum absolute atomic E-state index is 11.3. The van der Waals surface area contributed by atoms with Crippen LogP contribution < -0.4 is 15.8 Å². The zero-order valence-electron chi connectivity index (χ0n) is 9.40. The fourth-order valence-electron chi connectivity index (χ4n) is 1.06. The first kappa shape index (κ1) is 14.7. The Balaban J connectivity index is 0.00000225. The minimum atomic E-state index is -0.503. The first-order valence-electron chi connectivity index (χ1n) is 4.92. The number of nitrogens with two attached hydrogens (primary N) is 1. The highest BCUT2D eigenvalue weighted by molar-refractivity contribution is 5.94. The van der Waals surface area contributed by atoms with Crippen LogP contribution in [0.5, 0.6) is 5.75 Å². The van der Waals surface area contributed by atoms with Crippen molar-refractivity contribution < 1.29 is 9.53 Å². The van der Waals surface area contributed by atoms with Crippen LogP contribution in [0.1, 0.15) is 13.8 Å². The normalized spacial score (nSPS) is 11.2. The van der Waals surface area contributed by atoms with Gasteiger partial charge in [0.1, 0.15) is 5.75 Å². The summed E-state index contributed by atoms with van der Waals surface area (Å²) < 4.78 is 5.28. The van der Waals surface area contributed by atoms with E-state index in [1.807, 2.05) is 6.92 Å². The Morgan fingerprint density at radius 2 is 2.00 bits per heavy atom. The molecule has 0 heterocycles. The largest absolute Gasteiger partial charge is 0.494 e. The van der Waals surface area contributed by atoms with Crippen LogP contribution in [0.4, 0.5) is 5.69 Å². The molecular formula is C11H17ClN2O2. The SMILES string of the molecule is CCOc1ccc(NC(=O)C(C)N)cc1.Cl. The smallest absolute Gasteiger partial charge is 0.240 e. The number of carbonyl (C=O) groups excluding carboxylic acids is 1. The Labute approximate surface area is 102 Å². The Bertz CT molecular complexity index is 325. The fourth-order valence-corrected chi connectivity index (χ4v) is 1.06. The van der Waals surface area contributed by atoms with E-state index >= 15 is 0 Å². The Hall–Kier alpha value is -1.26. The number of rotatable bonds is 4. The molecule has 0 saturated heterocycles. The van der Waals surface area contributed by atoms with Crippen molar-refractivity contribution in [3.8, 4) is 5.75 Å². The Morgan fingerprint density at radius 3 is 2.44 bits per heavy atom. The van der Waals surface area contributed by atoms with Crippen LogP contribution in [0.15, 0.2) is 24.3 Å². The number of ether oxygens (including phenoxy) is 1. The van der Waals surface area contributed by atoms with Crippen molar-refractivity contribution in [2.45, 2.75) is 19.9 Å². The third-order valence-corrected chi connectivity index (χ3v) is 1.85. The summed E-state index contributed by atoms with van der Waals surface area (Å²) >= 11 is 0. The molecule has 0 aliphatic carbocycles. The molecule has 1 unspecified atom stereocenters. The maximum atomic E-state index is 11.3. The third-order valence-electron chi connectivity index (χ3n) is 1.85. The summed E-state index contributed by atoms with van der Waals surface area (Å²) in [5.74, 6) is 0.593. The van der Waals surface area contributed by atoms with Gasteiger partial charge in [-0.15, -0.1) is 12.4 Å². The quantitative estimate of drug-likeness (QED) is 0.849. The predicted octanol–water partition coefficient (Wildman–Crippen LogP) is 1.79. The molecule has 0 spiro atoms.